The van der Waals surface area contributed by atoms with Gasteiger partial charge in [0.05, 0.1) is 6.10 Å². The number of aliphatic hydroxyl groups excluding tert-OH is 1. The summed E-state index contributed by atoms with van der Waals surface area (Å²) in [6.45, 7) is 2.50. The van der Waals surface area contributed by atoms with Crippen molar-refractivity contribution in [3.05, 3.63) is 35.8 Å². The molecule has 4 bridgehead atoms. The zero-order valence-electron chi connectivity index (χ0n) is 17.4. The topological polar surface area (TPSA) is 95.7 Å². The van der Waals surface area contributed by atoms with E-state index < -0.39 is 6.10 Å². The van der Waals surface area contributed by atoms with Gasteiger partial charge in [0.25, 0.3) is 11.8 Å². The summed E-state index contributed by atoms with van der Waals surface area (Å²) in [6, 6.07) is 5.34. The zero-order chi connectivity index (χ0) is 20.9. The Morgan fingerprint density at radius 3 is 2.43 bits per heavy atom. The van der Waals surface area contributed by atoms with E-state index in [-0.39, 0.29) is 29.5 Å². The summed E-state index contributed by atoms with van der Waals surface area (Å²) in [5, 5.41) is 15.2. The number of amides is 2. The molecule has 3 N–H and O–H groups in total. The van der Waals surface area contributed by atoms with Crippen molar-refractivity contribution in [3.63, 3.8) is 0 Å². The molecule has 4 aliphatic carbocycles. The van der Waals surface area contributed by atoms with Gasteiger partial charge in [0.1, 0.15) is 17.0 Å². The first-order valence-corrected chi connectivity index (χ1v) is 11.1. The Morgan fingerprint density at radius 2 is 1.80 bits per heavy atom. The van der Waals surface area contributed by atoms with Gasteiger partial charge in [-0.1, -0.05) is 6.07 Å². The number of aromatic nitrogens is 2. The largest absolute Gasteiger partial charge is 0.392 e. The van der Waals surface area contributed by atoms with Gasteiger partial charge in [-0.15, -0.1) is 0 Å². The van der Waals surface area contributed by atoms with E-state index in [2.05, 4.69) is 15.6 Å². The number of hydrogen-bond donors (Lipinski definition) is 3. The maximum Gasteiger partial charge on any atom is 0.271 e. The van der Waals surface area contributed by atoms with E-state index in [1.165, 1.54) is 38.5 Å². The quantitative estimate of drug-likeness (QED) is 0.681. The maximum absolute atomic E-state index is 13.1. The predicted octanol–water partition coefficient (Wildman–Crippen LogP) is 2.39. The van der Waals surface area contributed by atoms with Gasteiger partial charge < -0.3 is 15.7 Å². The van der Waals surface area contributed by atoms with Gasteiger partial charge in [0.15, 0.2) is 0 Å². The molecule has 7 nitrogen and oxygen atoms in total. The van der Waals surface area contributed by atoms with Crippen LogP contribution in [0.25, 0.3) is 5.65 Å². The SMILES string of the molecule is C[C@H](O)CNC(=O)c1cn2c(C(=O)NCC34CC5CC(CC(C5)C3)C4)cccc2n1. The molecular formula is C23H30N4O3. The van der Waals surface area contributed by atoms with Gasteiger partial charge in [-0.3, -0.25) is 14.0 Å². The van der Waals surface area contributed by atoms with Crippen LogP contribution in [0.15, 0.2) is 24.4 Å². The molecule has 0 unspecified atom stereocenters. The van der Waals surface area contributed by atoms with E-state index in [4.69, 9.17) is 0 Å². The number of nitrogens with one attached hydrogen (secondary N) is 2. The molecule has 160 valence electrons. The van der Waals surface area contributed by atoms with Crippen molar-refractivity contribution in [2.24, 2.45) is 23.2 Å². The lowest BCUT2D eigenvalue weighted by molar-refractivity contribution is -0.0503. The Labute approximate surface area is 176 Å². The first kappa shape index (κ1) is 19.5. The van der Waals surface area contributed by atoms with Crippen molar-refractivity contribution < 1.29 is 14.7 Å². The van der Waals surface area contributed by atoms with Crippen molar-refractivity contribution in [1.29, 1.82) is 0 Å². The van der Waals surface area contributed by atoms with Crippen LogP contribution in [0, 0.1) is 23.2 Å². The summed E-state index contributed by atoms with van der Waals surface area (Å²) in [6.07, 6.45) is 8.89. The van der Waals surface area contributed by atoms with Crippen LogP contribution >= 0.6 is 0 Å². The summed E-state index contributed by atoms with van der Waals surface area (Å²) in [4.78, 5) is 29.7. The number of hydrogen-bond acceptors (Lipinski definition) is 4. The molecule has 6 rings (SSSR count). The standard InChI is InChI=1S/C23H30N4O3/c1-14(28)11-24-21(29)18-12-27-19(3-2-4-20(27)26-18)22(30)25-13-23-8-15-5-16(9-23)7-17(6-15)10-23/h2-4,12,14-17,28H,5-11,13H2,1H3,(H,24,29)(H,25,30)/t14-,15?,16?,17?,23?/m0/s1. The second-order valence-electron chi connectivity index (χ2n) is 9.92. The van der Waals surface area contributed by atoms with Crippen LogP contribution in [0.1, 0.15) is 66.4 Å². The van der Waals surface area contributed by atoms with E-state index in [1.54, 1.807) is 35.7 Å². The van der Waals surface area contributed by atoms with Crippen molar-refractivity contribution >= 4 is 17.5 Å². The minimum absolute atomic E-state index is 0.121. The number of aliphatic hydroxyl groups is 1. The Kier molecular flexibility index (Phi) is 4.81. The fraction of sp³-hybridized carbons (Fsp3) is 0.609. The van der Waals surface area contributed by atoms with Crippen LogP contribution in [-0.4, -0.2) is 45.5 Å². The van der Waals surface area contributed by atoms with Crippen LogP contribution in [0.2, 0.25) is 0 Å². The van der Waals surface area contributed by atoms with Crippen LogP contribution < -0.4 is 10.6 Å². The molecule has 0 spiro atoms. The first-order chi connectivity index (χ1) is 14.4. The molecule has 2 aromatic heterocycles. The lowest BCUT2D eigenvalue weighted by atomic mass is 9.49. The van der Waals surface area contributed by atoms with Gasteiger partial charge >= 0.3 is 0 Å². The first-order valence-electron chi connectivity index (χ1n) is 11.1. The Bertz CT molecular complexity index is 945. The Balaban J connectivity index is 1.31. The van der Waals surface area contributed by atoms with Crippen molar-refractivity contribution in [2.75, 3.05) is 13.1 Å². The van der Waals surface area contributed by atoms with E-state index in [1.807, 2.05) is 0 Å². The molecule has 4 aliphatic rings. The van der Waals surface area contributed by atoms with Gasteiger partial charge in [0, 0.05) is 19.3 Å². The maximum atomic E-state index is 13.1. The van der Waals surface area contributed by atoms with Crippen LogP contribution in [0.3, 0.4) is 0 Å². The zero-order valence-corrected chi connectivity index (χ0v) is 17.4. The van der Waals surface area contributed by atoms with E-state index in [9.17, 15) is 14.7 Å². The smallest absolute Gasteiger partial charge is 0.271 e. The number of carbonyl (C=O) groups is 2. The highest BCUT2D eigenvalue weighted by molar-refractivity contribution is 5.95. The molecule has 0 aliphatic heterocycles. The Hall–Kier alpha value is -2.41. The van der Waals surface area contributed by atoms with Crippen LogP contribution in [0.4, 0.5) is 0 Å². The summed E-state index contributed by atoms with van der Waals surface area (Å²) in [7, 11) is 0. The molecule has 30 heavy (non-hydrogen) atoms. The fourth-order valence-corrected chi connectivity index (χ4v) is 6.50. The number of fused-ring (bicyclic) bond motifs is 1. The molecule has 2 heterocycles. The molecule has 4 saturated carbocycles. The number of pyridine rings is 1. The number of rotatable bonds is 6. The lowest BCUT2D eigenvalue weighted by Gasteiger charge is -2.56. The van der Waals surface area contributed by atoms with Crippen LogP contribution in [-0.2, 0) is 0 Å². The molecule has 0 saturated heterocycles. The average Bonchev–Trinajstić information content (AvgIpc) is 3.13. The molecule has 0 radical (unpaired) electrons. The number of carbonyl (C=O) groups excluding carboxylic acids is 2. The van der Waals surface area contributed by atoms with E-state index in [0.717, 1.165) is 24.3 Å². The molecule has 2 amide bonds. The molecule has 4 fully saturated rings. The normalized spacial score (nSPS) is 30.4. The molecular weight excluding hydrogens is 380 g/mol. The van der Waals surface area contributed by atoms with Crippen molar-refractivity contribution in [2.45, 2.75) is 51.6 Å². The third-order valence-corrected chi connectivity index (χ3v) is 7.30. The molecule has 7 heteroatoms. The number of imidazole rings is 1. The van der Waals surface area contributed by atoms with Gasteiger partial charge in [0.2, 0.25) is 0 Å². The third kappa shape index (κ3) is 3.60. The minimum Gasteiger partial charge on any atom is -0.392 e. The highest BCUT2D eigenvalue weighted by Crippen LogP contribution is 2.59. The summed E-state index contributed by atoms with van der Waals surface area (Å²) in [5.41, 5.74) is 1.55. The molecule has 1 atom stereocenters. The van der Waals surface area contributed by atoms with E-state index in [0.29, 0.717) is 11.3 Å². The van der Waals surface area contributed by atoms with Crippen LogP contribution in [0.5, 0.6) is 0 Å². The summed E-state index contributed by atoms with van der Waals surface area (Å²) in [5.74, 6) is 2.08. The minimum atomic E-state index is -0.628. The van der Waals surface area contributed by atoms with Gasteiger partial charge in [-0.2, -0.15) is 0 Å². The Morgan fingerprint density at radius 1 is 1.13 bits per heavy atom. The second-order valence-corrected chi connectivity index (χ2v) is 9.92. The highest BCUT2D eigenvalue weighted by atomic mass is 16.3. The fourth-order valence-electron chi connectivity index (χ4n) is 6.50. The summed E-state index contributed by atoms with van der Waals surface area (Å²) < 4.78 is 1.67. The predicted molar refractivity (Wildman–Crippen MR) is 112 cm³/mol. The van der Waals surface area contributed by atoms with Gasteiger partial charge in [-0.05, 0) is 80.8 Å². The second kappa shape index (κ2) is 7.38. The molecule has 2 aromatic rings. The monoisotopic (exact) mass is 410 g/mol. The van der Waals surface area contributed by atoms with E-state index >= 15 is 0 Å². The summed E-state index contributed by atoms with van der Waals surface area (Å²) >= 11 is 0. The third-order valence-electron chi connectivity index (χ3n) is 7.30. The van der Waals surface area contributed by atoms with Crippen molar-refractivity contribution in [3.8, 4) is 0 Å². The van der Waals surface area contributed by atoms with Crippen molar-refractivity contribution in [1.82, 2.24) is 20.0 Å². The number of nitrogens with zero attached hydrogens (tertiary/aromatic N) is 2. The average molecular weight is 411 g/mol. The highest BCUT2D eigenvalue weighted by Gasteiger charge is 2.50. The van der Waals surface area contributed by atoms with Gasteiger partial charge in [-0.25, -0.2) is 4.98 Å². The molecule has 0 aromatic carbocycles. The lowest BCUT2D eigenvalue weighted by Crippen LogP contribution is -2.51.